The molecule has 0 radical (unpaired) electrons. The molecule has 0 fully saturated rings. The van der Waals surface area contributed by atoms with E-state index in [-0.39, 0.29) is 17.0 Å². The van der Waals surface area contributed by atoms with Crippen molar-refractivity contribution in [2.24, 2.45) is 0 Å². The number of nitrogens with zero attached hydrogens (tertiary/aromatic N) is 3. The van der Waals surface area contributed by atoms with Gasteiger partial charge in [-0.2, -0.15) is 0 Å². The summed E-state index contributed by atoms with van der Waals surface area (Å²) in [5, 5.41) is 2.65. The van der Waals surface area contributed by atoms with E-state index in [0.29, 0.717) is 4.31 Å². The van der Waals surface area contributed by atoms with Crippen LogP contribution >= 0.6 is 0 Å². The van der Waals surface area contributed by atoms with Crippen LogP contribution in [0.3, 0.4) is 0 Å². The number of nitrogens with one attached hydrogen (secondary N) is 1. The molecule has 0 atom stereocenters. The Morgan fingerprint density at radius 1 is 1.07 bits per heavy atom. The summed E-state index contributed by atoms with van der Waals surface area (Å²) < 4.78 is 27.4. The number of carbonyl (C=O) groups is 2. The normalized spacial score (nSPS) is 14.7. The molecule has 0 saturated heterocycles. The van der Waals surface area contributed by atoms with Crippen LogP contribution in [-0.2, 0) is 21.4 Å². The zero-order valence-corrected chi connectivity index (χ0v) is 15.5. The third kappa shape index (κ3) is 3.16. The molecule has 2 amide bonds. The van der Waals surface area contributed by atoms with Gasteiger partial charge in [-0.3, -0.25) is 9.59 Å². The van der Waals surface area contributed by atoms with E-state index in [1.807, 2.05) is 35.0 Å². The number of carbonyl (C=O) groups excluding carboxylic acids is 2. The van der Waals surface area contributed by atoms with Crippen molar-refractivity contribution < 1.29 is 18.0 Å². The average Bonchev–Trinajstić information content (AvgIpc) is 3.30. The summed E-state index contributed by atoms with van der Waals surface area (Å²) in [6, 6.07) is 13.4. The van der Waals surface area contributed by atoms with E-state index < -0.39 is 28.4 Å². The minimum atomic E-state index is -3.99. The molecular weight excluding hydrogens is 380 g/mol. The molecule has 0 saturated carbocycles. The van der Waals surface area contributed by atoms with Crippen LogP contribution in [-0.4, -0.2) is 40.6 Å². The Morgan fingerprint density at radius 3 is 2.50 bits per heavy atom. The Kier molecular flexibility index (Phi) is 4.44. The van der Waals surface area contributed by atoms with Gasteiger partial charge in [0.2, 0.25) is 5.91 Å². The standard InChI is InChI=1S/C19H16N4O4S/c24-18(12-23-19(25)16-3-1-2-4-17(16)28(23,26)27)21-11-14-5-7-15(8-6-14)22-10-9-20-13-22/h1-10,13H,11-12H2,(H,21,24). The van der Waals surface area contributed by atoms with Crippen molar-refractivity contribution in [2.45, 2.75) is 11.4 Å². The summed E-state index contributed by atoms with van der Waals surface area (Å²) in [4.78, 5) is 28.5. The first kappa shape index (κ1) is 17.9. The van der Waals surface area contributed by atoms with Crippen LogP contribution < -0.4 is 5.32 Å². The fourth-order valence-corrected chi connectivity index (χ4v) is 4.50. The molecule has 0 aliphatic carbocycles. The Balaban J connectivity index is 1.40. The summed E-state index contributed by atoms with van der Waals surface area (Å²) in [6.45, 7) is -0.332. The third-order valence-electron chi connectivity index (χ3n) is 4.43. The summed E-state index contributed by atoms with van der Waals surface area (Å²) in [6.07, 6.45) is 5.19. The molecule has 9 heteroatoms. The molecule has 1 aromatic heterocycles. The lowest BCUT2D eigenvalue weighted by Gasteiger charge is -2.15. The molecule has 4 rings (SSSR count). The second kappa shape index (κ2) is 6.93. The van der Waals surface area contributed by atoms with Crippen LogP contribution in [0.2, 0.25) is 0 Å². The van der Waals surface area contributed by atoms with Crippen LogP contribution in [0.1, 0.15) is 15.9 Å². The summed E-state index contributed by atoms with van der Waals surface area (Å²) in [5.41, 5.74) is 1.86. The lowest BCUT2D eigenvalue weighted by Crippen LogP contribution is -2.40. The van der Waals surface area contributed by atoms with E-state index in [4.69, 9.17) is 0 Å². The number of rotatable bonds is 5. The van der Waals surface area contributed by atoms with Crippen LogP contribution in [0, 0.1) is 0 Å². The first-order valence-electron chi connectivity index (χ1n) is 8.47. The second-order valence-electron chi connectivity index (χ2n) is 6.23. The maximum atomic E-state index is 12.5. The van der Waals surface area contributed by atoms with Gasteiger partial charge in [-0.15, -0.1) is 0 Å². The number of hydrogen-bond acceptors (Lipinski definition) is 5. The second-order valence-corrected chi connectivity index (χ2v) is 8.06. The number of hydrogen-bond donors (Lipinski definition) is 1. The molecule has 1 aliphatic rings. The minimum Gasteiger partial charge on any atom is -0.350 e. The Hall–Kier alpha value is -3.46. The van der Waals surface area contributed by atoms with Crippen LogP contribution in [0.25, 0.3) is 5.69 Å². The van der Waals surface area contributed by atoms with E-state index in [2.05, 4.69) is 10.3 Å². The molecule has 3 aromatic rings. The number of benzene rings is 2. The zero-order chi connectivity index (χ0) is 19.7. The molecule has 0 bridgehead atoms. The van der Waals surface area contributed by atoms with E-state index in [1.54, 1.807) is 24.7 Å². The van der Waals surface area contributed by atoms with E-state index in [0.717, 1.165) is 11.3 Å². The van der Waals surface area contributed by atoms with Gasteiger partial charge in [0, 0.05) is 24.6 Å². The minimum absolute atomic E-state index is 0.0668. The van der Waals surface area contributed by atoms with Gasteiger partial charge in [0.15, 0.2) is 0 Å². The van der Waals surface area contributed by atoms with Crippen LogP contribution in [0.15, 0.2) is 72.1 Å². The third-order valence-corrected chi connectivity index (χ3v) is 6.21. The number of imidazole rings is 1. The van der Waals surface area contributed by atoms with Crippen molar-refractivity contribution in [2.75, 3.05) is 6.54 Å². The van der Waals surface area contributed by atoms with E-state index in [9.17, 15) is 18.0 Å². The van der Waals surface area contributed by atoms with Gasteiger partial charge >= 0.3 is 0 Å². The van der Waals surface area contributed by atoms with Gasteiger partial charge < -0.3 is 9.88 Å². The van der Waals surface area contributed by atoms with Crippen LogP contribution in [0.5, 0.6) is 0 Å². The number of sulfonamides is 1. The molecule has 0 unspecified atom stereocenters. The Morgan fingerprint density at radius 2 is 1.82 bits per heavy atom. The Labute approximate surface area is 161 Å². The van der Waals surface area contributed by atoms with Gasteiger partial charge in [0.05, 0.1) is 11.9 Å². The monoisotopic (exact) mass is 396 g/mol. The van der Waals surface area contributed by atoms with E-state index in [1.165, 1.54) is 12.1 Å². The van der Waals surface area contributed by atoms with Gasteiger partial charge in [0.25, 0.3) is 15.9 Å². The summed E-state index contributed by atoms with van der Waals surface area (Å²) >= 11 is 0. The highest BCUT2D eigenvalue weighted by molar-refractivity contribution is 7.90. The predicted molar refractivity (Wildman–Crippen MR) is 100 cm³/mol. The molecular formula is C19H16N4O4S. The number of amides is 2. The number of aromatic nitrogens is 2. The SMILES string of the molecule is O=C(CN1C(=O)c2ccccc2S1(=O)=O)NCc1ccc(-n2ccnc2)cc1. The largest absolute Gasteiger partial charge is 0.350 e. The first-order chi connectivity index (χ1) is 13.5. The molecule has 8 nitrogen and oxygen atoms in total. The van der Waals surface area contributed by atoms with Crippen molar-refractivity contribution >= 4 is 21.8 Å². The first-order valence-corrected chi connectivity index (χ1v) is 9.91. The quantitative estimate of drug-likeness (QED) is 0.701. The van der Waals surface area contributed by atoms with Gasteiger partial charge in [-0.05, 0) is 29.8 Å². The molecule has 142 valence electrons. The van der Waals surface area contributed by atoms with Gasteiger partial charge in [0.1, 0.15) is 11.4 Å². The molecule has 1 N–H and O–H groups in total. The smallest absolute Gasteiger partial charge is 0.269 e. The number of fused-ring (bicyclic) bond motifs is 1. The van der Waals surface area contributed by atoms with Gasteiger partial charge in [-0.1, -0.05) is 24.3 Å². The predicted octanol–water partition coefficient (Wildman–Crippen LogP) is 1.33. The lowest BCUT2D eigenvalue weighted by atomic mass is 10.2. The molecule has 1 aliphatic heterocycles. The molecule has 2 aromatic carbocycles. The van der Waals surface area contributed by atoms with Crippen molar-refractivity contribution in [1.29, 1.82) is 0 Å². The average molecular weight is 396 g/mol. The highest BCUT2D eigenvalue weighted by Crippen LogP contribution is 2.29. The van der Waals surface area contributed by atoms with Crippen molar-refractivity contribution in [3.63, 3.8) is 0 Å². The Bertz CT molecular complexity index is 1140. The highest BCUT2D eigenvalue weighted by atomic mass is 32.2. The van der Waals surface area contributed by atoms with Gasteiger partial charge in [-0.25, -0.2) is 17.7 Å². The van der Waals surface area contributed by atoms with Crippen molar-refractivity contribution in [3.8, 4) is 5.69 Å². The highest BCUT2D eigenvalue weighted by Gasteiger charge is 2.41. The van der Waals surface area contributed by atoms with Crippen LogP contribution in [0.4, 0.5) is 0 Å². The fraction of sp³-hybridized carbons (Fsp3) is 0.105. The topological polar surface area (TPSA) is 101 Å². The molecule has 28 heavy (non-hydrogen) atoms. The molecule has 2 heterocycles. The maximum absolute atomic E-state index is 12.5. The van der Waals surface area contributed by atoms with Crippen molar-refractivity contribution in [1.82, 2.24) is 19.2 Å². The summed E-state index contributed by atoms with van der Waals surface area (Å²) in [5.74, 6) is -1.24. The maximum Gasteiger partial charge on any atom is 0.269 e. The fourth-order valence-electron chi connectivity index (χ4n) is 2.97. The zero-order valence-electron chi connectivity index (χ0n) is 14.6. The lowest BCUT2D eigenvalue weighted by molar-refractivity contribution is -0.121. The molecule has 0 spiro atoms. The van der Waals surface area contributed by atoms with E-state index >= 15 is 0 Å². The summed E-state index contributed by atoms with van der Waals surface area (Å²) in [7, 11) is -3.99. The van der Waals surface area contributed by atoms with Crippen molar-refractivity contribution in [3.05, 3.63) is 78.4 Å².